The normalized spacial score (nSPS) is 13.2. The van der Waals surface area contributed by atoms with E-state index in [0.29, 0.717) is 6.04 Å². The maximum atomic E-state index is 4.93. The summed E-state index contributed by atoms with van der Waals surface area (Å²) in [5, 5.41) is 6.43. The molecule has 1 heterocycles. The molecule has 1 aromatic heterocycles. The van der Waals surface area contributed by atoms with Crippen molar-refractivity contribution in [2.24, 2.45) is 0 Å². The van der Waals surface area contributed by atoms with E-state index < -0.39 is 0 Å². The summed E-state index contributed by atoms with van der Waals surface area (Å²) in [5.41, 5.74) is 0. The van der Waals surface area contributed by atoms with Crippen LogP contribution in [-0.2, 0) is 4.74 Å². The first-order valence-corrected chi connectivity index (χ1v) is 4.84. The molecule has 0 fully saturated rings. The van der Waals surface area contributed by atoms with Crippen LogP contribution in [0.4, 0.5) is 0 Å². The predicted octanol–water partition coefficient (Wildman–Crippen LogP) is 1.44. The van der Waals surface area contributed by atoms with Crippen molar-refractivity contribution in [3.05, 3.63) is 16.6 Å². The Morgan fingerprint density at radius 2 is 2.58 bits per heavy atom. The molecule has 4 heteroatoms. The van der Waals surface area contributed by atoms with E-state index in [2.05, 4.69) is 17.2 Å². The number of hydrogen-bond donors (Lipinski definition) is 1. The van der Waals surface area contributed by atoms with Gasteiger partial charge < -0.3 is 10.1 Å². The van der Waals surface area contributed by atoms with Crippen molar-refractivity contribution >= 4 is 11.3 Å². The Labute approximate surface area is 76.8 Å². The van der Waals surface area contributed by atoms with Crippen molar-refractivity contribution < 1.29 is 4.74 Å². The molecule has 0 aliphatic heterocycles. The Bertz CT molecular complexity index is 201. The minimum Gasteiger partial charge on any atom is -0.383 e. The molecule has 1 rings (SSSR count). The third-order valence-electron chi connectivity index (χ3n) is 1.58. The molecule has 0 aliphatic rings. The maximum Gasteiger partial charge on any atom is 0.109 e. The Morgan fingerprint density at radius 3 is 3.17 bits per heavy atom. The molecule has 3 nitrogen and oxygen atoms in total. The number of nitrogens with zero attached hydrogens (tertiary/aromatic N) is 1. The molecule has 0 spiro atoms. The van der Waals surface area contributed by atoms with Crippen LogP contribution in [0.3, 0.4) is 0 Å². The van der Waals surface area contributed by atoms with Crippen molar-refractivity contribution in [2.75, 3.05) is 20.3 Å². The fraction of sp³-hybridized carbons (Fsp3) is 0.625. The molecule has 1 aromatic rings. The molecule has 0 unspecified atom stereocenters. The van der Waals surface area contributed by atoms with Gasteiger partial charge in [0.1, 0.15) is 5.01 Å². The molecule has 12 heavy (non-hydrogen) atoms. The minimum absolute atomic E-state index is 0.333. The molecular formula is C8H14N2OS. The summed E-state index contributed by atoms with van der Waals surface area (Å²) < 4.78 is 4.93. The van der Waals surface area contributed by atoms with Gasteiger partial charge in [-0.25, -0.2) is 4.98 Å². The molecule has 1 atom stereocenters. The zero-order valence-electron chi connectivity index (χ0n) is 7.41. The summed E-state index contributed by atoms with van der Waals surface area (Å²) in [6.45, 7) is 3.72. The highest BCUT2D eigenvalue weighted by Crippen LogP contribution is 2.13. The predicted molar refractivity (Wildman–Crippen MR) is 50.4 cm³/mol. The Kier molecular flexibility index (Phi) is 4.21. The van der Waals surface area contributed by atoms with Gasteiger partial charge in [-0.2, -0.15) is 0 Å². The van der Waals surface area contributed by atoms with Gasteiger partial charge in [0.2, 0.25) is 0 Å². The van der Waals surface area contributed by atoms with Crippen molar-refractivity contribution in [1.82, 2.24) is 10.3 Å². The molecule has 0 bridgehead atoms. The average molecular weight is 186 g/mol. The van der Waals surface area contributed by atoms with Crippen molar-refractivity contribution in [3.8, 4) is 0 Å². The molecular weight excluding hydrogens is 172 g/mol. The first kappa shape index (κ1) is 9.64. The fourth-order valence-electron chi connectivity index (χ4n) is 0.913. The highest BCUT2D eigenvalue weighted by molar-refractivity contribution is 7.09. The van der Waals surface area contributed by atoms with E-state index >= 15 is 0 Å². The van der Waals surface area contributed by atoms with E-state index in [1.165, 1.54) is 0 Å². The molecule has 0 saturated carbocycles. The highest BCUT2D eigenvalue weighted by Gasteiger charge is 2.05. The second-order valence-corrected chi connectivity index (χ2v) is 3.47. The third kappa shape index (κ3) is 2.89. The van der Waals surface area contributed by atoms with Gasteiger partial charge in [0, 0.05) is 25.2 Å². The van der Waals surface area contributed by atoms with Crippen molar-refractivity contribution in [2.45, 2.75) is 13.0 Å². The van der Waals surface area contributed by atoms with Crippen LogP contribution in [-0.4, -0.2) is 25.2 Å². The van der Waals surface area contributed by atoms with Crippen LogP contribution in [0.5, 0.6) is 0 Å². The van der Waals surface area contributed by atoms with E-state index in [0.717, 1.165) is 18.2 Å². The van der Waals surface area contributed by atoms with Crippen LogP contribution in [0.15, 0.2) is 11.6 Å². The second kappa shape index (κ2) is 5.24. The zero-order valence-corrected chi connectivity index (χ0v) is 8.23. The van der Waals surface area contributed by atoms with Gasteiger partial charge in [0.05, 0.1) is 12.6 Å². The first-order valence-electron chi connectivity index (χ1n) is 3.96. The lowest BCUT2D eigenvalue weighted by molar-refractivity contribution is 0.196. The van der Waals surface area contributed by atoms with E-state index in [4.69, 9.17) is 4.74 Å². The van der Waals surface area contributed by atoms with Gasteiger partial charge in [-0.05, 0) is 6.92 Å². The van der Waals surface area contributed by atoms with Crippen LogP contribution < -0.4 is 5.32 Å². The standard InChI is InChI=1S/C8H14N2OS/c1-7(9-3-5-11-2)8-10-4-6-12-8/h4,6-7,9H,3,5H2,1-2H3/t7-/m0/s1. The Hall–Kier alpha value is -0.450. The SMILES string of the molecule is COCCN[C@@H](C)c1nccs1. The molecule has 0 saturated heterocycles. The smallest absolute Gasteiger partial charge is 0.109 e. The van der Waals surface area contributed by atoms with Crippen LogP contribution in [0.25, 0.3) is 0 Å². The van der Waals surface area contributed by atoms with Crippen molar-refractivity contribution in [3.63, 3.8) is 0 Å². The second-order valence-electron chi connectivity index (χ2n) is 2.54. The van der Waals surface area contributed by atoms with E-state index in [-0.39, 0.29) is 0 Å². The lowest BCUT2D eigenvalue weighted by Gasteiger charge is -2.09. The largest absolute Gasteiger partial charge is 0.383 e. The van der Waals surface area contributed by atoms with Crippen LogP contribution in [0.2, 0.25) is 0 Å². The van der Waals surface area contributed by atoms with Crippen LogP contribution in [0.1, 0.15) is 18.0 Å². The summed E-state index contributed by atoms with van der Waals surface area (Å²) in [5.74, 6) is 0. The molecule has 1 N–H and O–H groups in total. The number of ether oxygens (including phenoxy) is 1. The lowest BCUT2D eigenvalue weighted by Crippen LogP contribution is -2.22. The lowest BCUT2D eigenvalue weighted by atomic mass is 10.3. The number of rotatable bonds is 5. The molecule has 0 amide bonds. The summed E-state index contributed by atoms with van der Waals surface area (Å²) in [7, 11) is 1.70. The Balaban J connectivity index is 2.25. The monoisotopic (exact) mass is 186 g/mol. The van der Waals surface area contributed by atoms with E-state index in [1.54, 1.807) is 18.4 Å². The number of aromatic nitrogens is 1. The minimum atomic E-state index is 0.333. The van der Waals surface area contributed by atoms with E-state index in [1.807, 2.05) is 11.6 Å². The summed E-state index contributed by atoms with van der Waals surface area (Å²) in [6.07, 6.45) is 1.83. The topological polar surface area (TPSA) is 34.1 Å². The van der Waals surface area contributed by atoms with Gasteiger partial charge in [-0.1, -0.05) is 0 Å². The first-order chi connectivity index (χ1) is 5.84. The quantitative estimate of drug-likeness (QED) is 0.707. The third-order valence-corrected chi connectivity index (χ3v) is 2.54. The Morgan fingerprint density at radius 1 is 1.75 bits per heavy atom. The fourth-order valence-corrected chi connectivity index (χ4v) is 1.58. The van der Waals surface area contributed by atoms with Gasteiger partial charge >= 0.3 is 0 Å². The van der Waals surface area contributed by atoms with Gasteiger partial charge in [-0.3, -0.25) is 0 Å². The van der Waals surface area contributed by atoms with Crippen molar-refractivity contribution in [1.29, 1.82) is 0 Å². The summed E-state index contributed by atoms with van der Waals surface area (Å²) in [4.78, 5) is 4.21. The van der Waals surface area contributed by atoms with Crippen LogP contribution in [0, 0.1) is 0 Å². The number of methoxy groups -OCH3 is 1. The number of nitrogens with one attached hydrogen (secondary N) is 1. The number of hydrogen-bond acceptors (Lipinski definition) is 4. The van der Waals surface area contributed by atoms with E-state index in [9.17, 15) is 0 Å². The molecule has 0 aromatic carbocycles. The number of thiazole rings is 1. The van der Waals surface area contributed by atoms with Crippen LogP contribution >= 0.6 is 11.3 Å². The zero-order chi connectivity index (χ0) is 8.81. The molecule has 0 aliphatic carbocycles. The van der Waals surface area contributed by atoms with Gasteiger partial charge in [-0.15, -0.1) is 11.3 Å². The average Bonchev–Trinajstić information content (AvgIpc) is 2.56. The molecule has 0 radical (unpaired) electrons. The van der Waals surface area contributed by atoms with Gasteiger partial charge in [0.15, 0.2) is 0 Å². The molecule has 68 valence electrons. The van der Waals surface area contributed by atoms with Gasteiger partial charge in [0.25, 0.3) is 0 Å². The summed E-state index contributed by atoms with van der Waals surface area (Å²) in [6, 6.07) is 0.333. The highest BCUT2D eigenvalue weighted by atomic mass is 32.1. The summed E-state index contributed by atoms with van der Waals surface area (Å²) >= 11 is 1.67. The maximum absolute atomic E-state index is 4.93.